The molecule has 1 saturated heterocycles. The van der Waals surface area contributed by atoms with E-state index in [1.807, 2.05) is 30.3 Å². The molecule has 1 heterocycles. The first kappa shape index (κ1) is 15.8. The fraction of sp³-hybridized carbons (Fsp3) is 0.562. The number of amides is 1. The normalized spacial score (nSPS) is 21.3. The highest BCUT2D eigenvalue weighted by atomic mass is 79.9. The van der Waals surface area contributed by atoms with Gasteiger partial charge in [0, 0.05) is 12.0 Å². The highest BCUT2D eigenvalue weighted by Gasteiger charge is 2.62. The summed E-state index contributed by atoms with van der Waals surface area (Å²) in [5.41, 5.74) is 0.830. The van der Waals surface area contributed by atoms with Crippen molar-refractivity contribution in [2.75, 3.05) is 25.1 Å². The maximum atomic E-state index is 11.9. The van der Waals surface area contributed by atoms with Crippen LogP contribution in [0.4, 0.5) is 4.79 Å². The van der Waals surface area contributed by atoms with Crippen molar-refractivity contribution < 1.29 is 19.0 Å². The summed E-state index contributed by atoms with van der Waals surface area (Å²) in [7, 11) is 0. The van der Waals surface area contributed by atoms with E-state index in [2.05, 4.69) is 21.2 Å². The number of carbonyl (C=O) groups excluding carboxylic acids is 1. The molecule has 0 unspecified atom stereocenters. The summed E-state index contributed by atoms with van der Waals surface area (Å²) >= 11 is 3.48. The zero-order valence-corrected chi connectivity index (χ0v) is 13.9. The molecule has 1 aromatic rings. The predicted molar refractivity (Wildman–Crippen MR) is 84.7 cm³/mol. The number of alkyl carbamates (subject to hydrolysis) is 1. The molecule has 22 heavy (non-hydrogen) atoms. The van der Waals surface area contributed by atoms with Crippen LogP contribution in [0.25, 0.3) is 0 Å². The van der Waals surface area contributed by atoms with Crippen LogP contribution in [0.5, 0.6) is 0 Å². The molecule has 0 atom stereocenters. The number of ether oxygens (including phenoxy) is 3. The number of hydrogen-bond acceptors (Lipinski definition) is 4. The lowest BCUT2D eigenvalue weighted by Crippen LogP contribution is -2.48. The van der Waals surface area contributed by atoms with Crippen LogP contribution in [0, 0.1) is 5.41 Å². The number of hydrogen-bond donors (Lipinski definition) is 1. The zero-order chi connectivity index (χ0) is 15.5. The maximum Gasteiger partial charge on any atom is 0.407 e. The van der Waals surface area contributed by atoms with Gasteiger partial charge in [0.25, 0.3) is 0 Å². The molecule has 1 amide bonds. The molecule has 6 heteroatoms. The molecule has 0 aromatic heterocycles. The number of rotatable bonds is 6. The Morgan fingerprint density at radius 3 is 2.50 bits per heavy atom. The van der Waals surface area contributed by atoms with Gasteiger partial charge in [-0.3, -0.25) is 0 Å². The molecule has 2 aliphatic rings. The Morgan fingerprint density at radius 1 is 1.23 bits per heavy atom. The van der Waals surface area contributed by atoms with E-state index < -0.39 is 11.9 Å². The summed E-state index contributed by atoms with van der Waals surface area (Å²) in [4.78, 5) is 11.9. The molecule has 1 saturated carbocycles. The Hall–Kier alpha value is -1.11. The second-order valence-electron chi connectivity index (χ2n) is 5.78. The van der Waals surface area contributed by atoms with Gasteiger partial charge in [-0.2, -0.15) is 0 Å². The first-order chi connectivity index (χ1) is 10.7. The summed E-state index contributed by atoms with van der Waals surface area (Å²) < 4.78 is 16.9. The molecule has 1 aliphatic heterocycles. The minimum atomic E-state index is -0.611. The highest BCUT2D eigenvalue weighted by Crippen LogP contribution is 2.57. The van der Waals surface area contributed by atoms with Crippen molar-refractivity contribution >= 4 is 22.0 Å². The van der Waals surface area contributed by atoms with Crippen molar-refractivity contribution in [1.82, 2.24) is 5.32 Å². The van der Waals surface area contributed by atoms with Gasteiger partial charge in [0.05, 0.1) is 18.5 Å². The minimum absolute atomic E-state index is 0.140. The zero-order valence-electron chi connectivity index (χ0n) is 12.3. The summed E-state index contributed by atoms with van der Waals surface area (Å²) in [5.74, 6) is -0.611. The molecule has 0 bridgehead atoms. The minimum Gasteiger partial charge on any atom is -0.445 e. The average Bonchev–Trinajstić information content (AvgIpc) is 3.21. The molecule has 120 valence electrons. The van der Waals surface area contributed by atoms with E-state index in [0.717, 1.165) is 18.4 Å². The van der Waals surface area contributed by atoms with Crippen LogP contribution in [0.2, 0.25) is 0 Å². The first-order valence-corrected chi connectivity index (χ1v) is 8.60. The van der Waals surface area contributed by atoms with Gasteiger partial charge in [-0.05, 0) is 18.4 Å². The van der Waals surface area contributed by atoms with Gasteiger partial charge >= 0.3 is 6.09 Å². The molecule has 0 radical (unpaired) electrons. The van der Waals surface area contributed by atoms with Gasteiger partial charge in [-0.25, -0.2) is 4.79 Å². The molecule has 0 spiro atoms. The van der Waals surface area contributed by atoms with E-state index in [1.165, 1.54) is 0 Å². The van der Waals surface area contributed by atoms with Crippen LogP contribution in [-0.2, 0) is 20.8 Å². The third-order valence-corrected chi connectivity index (χ3v) is 5.11. The molecule has 5 nitrogen and oxygen atoms in total. The van der Waals surface area contributed by atoms with Gasteiger partial charge < -0.3 is 19.5 Å². The molecule has 1 aromatic carbocycles. The topological polar surface area (TPSA) is 56.8 Å². The lowest BCUT2D eigenvalue weighted by molar-refractivity contribution is -0.185. The Morgan fingerprint density at radius 2 is 1.91 bits per heavy atom. The van der Waals surface area contributed by atoms with Crippen molar-refractivity contribution in [3.63, 3.8) is 0 Å². The highest BCUT2D eigenvalue weighted by molar-refractivity contribution is 9.09. The van der Waals surface area contributed by atoms with E-state index in [-0.39, 0.29) is 12.0 Å². The number of nitrogens with one attached hydrogen (secondary N) is 1. The van der Waals surface area contributed by atoms with Crippen molar-refractivity contribution in [2.45, 2.75) is 25.2 Å². The fourth-order valence-corrected chi connectivity index (χ4v) is 3.76. The van der Waals surface area contributed by atoms with E-state index >= 15 is 0 Å². The summed E-state index contributed by atoms with van der Waals surface area (Å²) in [6.07, 6.45) is 1.56. The summed E-state index contributed by atoms with van der Waals surface area (Å²) in [6, 6.07) is 9.63. The molecule has 1 N–H and O–H groups in total. The lowest BCUT2D eigenvalue weighted by Gasteiger charge is -2.34. The summed E-state index contributed by atoms with van der Waals surface area (Å²) in [6.45, 7) is 1.99. The van der Waals surface area contributed by atoms with E-state index in [9.17, 15) is 4.79 Å². The molecule has 3 rings (SSSR count). The second kappa shape index (κ2) is 6.56. The number of alkyl halides is 1. The smallest absolute Gasteiger partial charge is 0.407 e. The first-order valence-electron chi connectivity index (χ1n) is 7.48. The maximum absolute atomic E-state index is 11.9. The van der Waals surface area contributed by atoms with Gasteiger partial charge in [-0.15, -0.1) is 0 Å². The third-order valence-electron chi connectivity index (χ3n) is 4.38. The van der Waals surface area contributed by atoms with Crippen molar-refractivity contribution in [3.8, 4) is 0 Å². The summed E-state index contributed by atoms with van der Waals surface area (Å²) in [5, 5.41) is 3.46. The number of halogens is 1. The monoisotopic (exact) mass is 369 g/mol. The van der Waals surface area contributed by atoms with Crippen LogP contribution in [-0.4, -0.2) is 37.0 Å². The van der Waals surface area contributed by atoms with Crippen LogP contribution < -0.4 is 5.32 Å². The SMILES string of the molecule is O=C(NCC1(C2(CBr)OCCO2)CC1)OCc1ccccc1. The van der Waals surface area contributed by atoms with Crippen LogP contribution in [0.3, 0.4) is 0 Å². The van der Waals surface area contributed by atoms with Gasteiger partial charge in [-0.1, -0.05) is 46.3 Å². The third kappa shape index (κ3) is 3.14. The Balaban J connectivity index is 1.49. The van der Waals surface area contributed by atoms with E-state index in [4.69, 9.17) is 14.2 Å². The van der Waals surface area contributed by atoms with Crippen molar-refractivity contribution in [3.05, 3.63) is 35.9 Å². The fourth-order valence-electron chi connectivity index (χ4n) is 2.84. The van der Waals surface area contributed by atoms with Crippen LogP contribution in [0.15, 0.2) is 30.3 Å². The molecule has 2 fully saturated rings. The van der Waals surface area contributed by atoms with Crippen molar-refractivity contribution in [1.29, 1.82) is 0 Å². The Kier molecular flexibility index (Phi) is 4.70. The Bertz CT molecular complexity index is 512. The van der Waals surface area contributed by atoms with Crippen LogP contribution in [0.1, 0.15) is 18.4 Å². The van der Waals surface area contributed by atoms with Gasteiger partial charge in [0.1, 0.15) is 6.61 Å². The van der Waals surface area contributed by atoms with Gasteiger partial charge in [0.2, 0.25) is 0 Å². The average molecular weight is 370 g/mol. The van der Waals surface area contributed by atoms with Crippen LogP contribution >= 0.6 is 15.9 Å². The number of benzene rings is 1. The van der Waals surface area contributed by atoms with Crippen molar-refractivity contribution in [2.24, 2.45) is 5.41 Å². The quantitative estimate of drug-likeness (QED) is 0.783. The van der Waals surface area contributed by atoms with Gasteiger partial charge in [0.15, 0.2) is 5.79 Å². The largest absolute Gasteiger partial charge is 0.445 e. The molecule has 1 aliphatic carbocycles. The lowest BCUT2D eigenvalue weighted by atomic mass is 9.96. The predicted octanol–water partition coefficient (Wildman–Crippen LogP) is 2.83. The van der Waals surface area contributed by atoms with E-state index in [1.54, 1.807) is 0 Å². The molecular formula is C16H20BrNO4. The Labute approximate surface area is 138 Å². The molecular weight excluding hydrogens is 350 g/mol. The standard InChI is InChI=1S/C16H20BrNO4/c17-11-16(21-8-9-22-16)15(6-7-15)12-18-14(19)20-10-13-4-2-1-3-5-13/h1-5H,6-12H2,(H,18,19). The second-order valence-corrected chi connectivity index (χ2v) is 6.34. The number of carbonyl (C=O) groups is 1. The van der Waals surface area contributed by atoms with E-state index in [0.29, 0.717) is 25.1 Å².